The van der Waals surface area contributed by atoms with Crippen molar-refractivity contribution in [2.75, 3.05) is 32.1 Å². The molecular formula is C26H35N7O. The normalized spacial score (nSPS) is 17.4. The van der Waals surface area contributed by atoms with Crippen molar-refractivity contribution in [3.05, 3.63) is 71.8 Å². The highest BCUT2D eigenvalue weighted by molar-refractivity contribution is 5.82. The van der Waals surface area contributed by atoms with Crippen molar-refractivity contribution < 1.29 is 4.79 Å². The van der Waals surface area contributed by atoms with Crippen molar-refractivity contribution in [1.29, 1.82) is 0 Å². The second-order valence-electron chi connectivity index (χ2n) is 9.36. The highest BCUT2D eigenvalue weighted by Crippen LogP contribution is 2.22. The fourth-order valence-corrected chi connectivity index (χ4v) is 4.41. The zero-order chi connectivity index (χ0) is 24.1. The molecule has 0 spiro atoms. The lowest BCUT2D eigenvalue weighted by molar-refractivity contribution is -0.130. The molecule has 1 aliphatic rings. The van der Waals surface area contributed by atoms with Gasteiger partial charge in [0.05, 0.1) is 6.42 Å². The Hall–Kier alpha value is -3.26. The Morgan fingerprint density at radius 3 is 2.62 bits per heavy atom. The number of anilines is 1. The van der Waals surface area contributed by atoms with Gasteiger partial charge in [0.15, 0.2) is 0 Å². The molecule has 180 valence electrons. The minimum Gasteiger partial charge on any atom is -0.342 e. The molecule has 0 radical (unpaired) electrons. The van der Waals surface area contributed by atoms with Crippen LogP contribution >= 0.6 is 0 Å². The minimum atomic E-state index is 0.106. The van der Waals surface area contributed by atoms with E-state index in [0.29, 0.717) is 25.6 Å². The fraction of sp³-hybridized carbons (Fsp3) is 0.462. The molecule has 8 nitrogen and oxygen atoms in total. The summed E-state index contributed by atoms with van der Waals surface area (Å²) in [4.78, 5) is 23.2. The third kappa shape index (κ3) is 5.62. The molecule has 1 saturated heterocycles. The molecule has 1 amide bonds. The first-order valence-electron chi connectivity index (χ1n) is 12.0. The summed E-state index contributed by atoms with van der Waals surface area (Å²) in [7, 11) is 4.03. The van der Waals surface area contributed by atoms with Gasteiger partial charge in [0, 0.05) is 50.7 Å². The second kappa shape index (κ2) is 10.8. The second-order valence-corrected chi connectivity index (χ2v) is 9.36. The van der Waals surface area contributed by atoms with Crippen LogP contribution in [-0.4, -0.2) is 74.7 Å². The van der Waals surface area contributed by atoms with E-state index in [1.807, 2.05) is 31.3 Å². The van der Waals surface area contributed by atoms with E-state index in [1.165, 1.54) is 5.56 Å². The lowest BCUT2D eigenvalue weighted by atomic mass is 10.1. The first-order valence-corrected chi connectivity index (χ1v) is 12.0. The number of rotatable bonds is 9. The van der Waals surface area contributed by atoms with Gasteiger partial charge >= 0.3 is 0 Å². The number of pyridine rings is 1. The van der Waals surface area contributed by atoms with Crippen molar-refractivity contribution in [1.82, 2.24) is 29.5 Å². The van der Waals surface area contributed by atoms with E-state index in [-0.39, 0.29) is 11.9 Å². The smallest absolute Gasteiger partial charge is 0.242 e. The highest BCUT2D eigenvalue weighted by atomic mass is 16.2. The SMILES string of the molecule is CC(CCn1c(Cc2ccccn2)nnc1N1CC(=O)N(C)CC1C)N(C)Cc1ccccc1. The van der Waals surface area contributed by atoms with Gasteiger partial charge in [-0.15, -0.1) is 10.2 Å². The molecule has 0 N–H and O–H groups in total. The van der Waals surface area contributed by atoms with Crippen LogP contribution in [0.25, 0.3) is 0 Å². The van der Waals surface area contributed by atoms with E-state index >= 15 is 0 Å². The number of piperazine rings is 1. The van der Waals surface area contributed by atoms with Crippen LogP contribution in [0.2, 0.25) is 0 Å². The van der Waals surface area contributed by atoms with Gasteiger partial charge in [-0.2, -0.15) is 0 Å². The number of hydrogen-bond donors (Lipinski definition) is 0. The van der Waals surface area contributed by atoms with Crippen molar-refractivity contribution in [2.45, 2.75) is 51.9 Å². The van der Waals surface area contributed by atoms with Crippen LogP contribution in [0.4, 0.5) is 5.95 Å². The van der Waals surface area contributed by atoms with E-state index in [9.17, 15) is 4.79 Å². The van der Waals surface area contributed by atoms with E-state index < -0.39 is 0 Å². The van der Waals surface area contributed by atoms with Crippen molar-refractivity contribution in [3.8, 4) is 0 Å². The summed E-state index contributed by atoms with van der Waals surface area (Å²) in [5.41, 5.74) is 2.27. The summed E-state index contributed by atoms with van der Waals surface area (Å²) in [6.07, 6.45) is 3.36. The summed E-state index contributed by atoms with van der Waals surface area (Å²) in [5, 5.41) is 9.11. The van der Waals surface area contributed by atoms with E-state index in [4.69, 9.17) is 0 Å². The number of likely N-dealkylation sites (N-methyl/N-ethyl adjacent to an activating group) is 1. The maximum atomic E-state index is 12.5. The molecule has 2 atom stereocenters. The van der Waals surface area contributed by atoms with Crippen LogP contribution in [0.5, 0.6) is 0 Å². The number of carbonyl (C=O) groups excluding carboxylic acids is 1. The summed E-state index contributed by atoms with van der Waals surface area (Å²) in [5.74, 6) is 1.76. The van der Waals surface area contributed by atoms with Gasteiger partial charge in [0.25, 0.3) is 0 Å². The Morgan fingerprint density at radius 2 is 1.88 bits per heavy atom. The molecule has 3 heterocycles. The molecule has 0 aliphatic carbocycles. The zero-order valence-electron chi connectivity index (χ0n) is 20.6. The first kappa shape index (κ1) is 23.9. The van der Waals surface area contributed by atoms with Gasteiger partial charge < -0.3 is 9.80 Å². The minimum absolute atomic E-state index is 0.106. The third-order valence-electron chi connectivity index (χ3n) is 6.73. The number of nitrogens with zero attached hydrogens (tertiary/aromatic N) is 7. The van der Waals surface area contributed by atoms with Crippen molar-refractivity contribution in [2.24, 2.45) is 0 Å². The Kier molecular flexibility index (Phi) is 7.57. The van der Waals surface area contributed by atoms with Gasteiger partial charge in [-0.25, -0.2) is 0 Å². The average Bonchev–Trinajstić information content (AvgIpc) is 3.23. The van der Waals surface area contributed by atoms with Crippen LogP contribution in [0.3, 0.4) is 0 Å². The predicted molar refractivity (Wildman–Crippen MR) is 133 cm³/mol. The number of amides is 1. The average molecular weight is 462 g/mol. The van der Waals surface area contributed by atoms with Crippen molar-refractivity contribution in [3.63, 3.8) is 0 Å². The molecular weight excluding hydrogens is 426 g/mol. The molecule has 4 rings (SSSR count). The monoisotopic (exact) mass is 461 g/mol. The first-order chi connectivity index (χ1) is 16.4. The standard InChI is InChI=1S/C26H35N7O/c1-20(30(3)18-22-10-6-5-7-11-22)13-15-32-24(16-23-12-8-9-14-27-23)28-29-26(32)33-19-25(34)31(4)17-21(33)2/h5-12,14,20-21H,13,15-19H2,1-4H3. The molecule has 0 saturated carbocycles. The topological polar surface area (TPSA) is 70.4 Å². The van der Waals surface area contributed by atoms with Gasteiger partial charge in [-0.05, 0) is 45.0 Å². The quantitative estimate of drug-likeness (QED) is 0.488. The number of hydrogen-bond acceptors (Lipinski definition) is 6. The number of benzene rings is 1. The number of aromatic nitrogens is 4. The number of carbonyl (C=O) groups is 1. The molecule has 1 fully saturated rings. The van der Waals surface area contributed by atoms with Gasteiger partial charge in [-0.1, -0.05) is 36.4 Å². The molecule has 3 aromatic rings. The molecule has 2 unspecified atom stereocenters. The molecule has 2 aromatic heterocycles. The fourth-order valence-electron chi connectivity index (χ4n) is 4.41. The van der Waals surface area contributed by atoms with E-state index in [2.05, 4.69) is 74.7 Å². The van der Waals surface area contributed by atoms with Crippen LogP contribution < -0.4 is 4.90 Å². The maximum Gasteiger partial charge on any atom is 0.242 e. The van der Waals surface area contributed by atoms with E-state index in [1.54, 1.807) is 11.1 Å². The highest BCUT2D eigenvalue weighted by Gasteiger charge is 2.31. The van der Waals surface area contributed by atoms with Gasteiger partial charge in [-0.3, -0.25) is 19.2 Å². The predicted octanol–water partition coefficient (Wildman–Crippen LogP) is 2.84. The van der Waals surface area contributed by atoms with Crippen LogP contribution in [0.15, 0.2) is 54.7 Å². The zero-order valence-corrected chi connectivity index (χ0v) is 20.6. The van der Waals surface area contributed by atoms with Crippen LogP contribution in [-0.2, 0) is 24.3 Å². The Morgan fingerprint density at radius 1 is 1.12 bits per heavy atom. The van der Waals surface area contributed by atoms with Gasteiger partial charge in [0.2, 0.25) is 11.9 Å². The molecule has 1 aromatic carbocycles. The molecule has 8 heteroatoms. The van der Waals surface area contributed by atoms with Crippen molar-refractivity contribution >= 4 is 11.9 Å². The maximum absolute atomic E-state index is 12.5. The lowest BCUT2D eigenvalue weighted by Gasteiger charge is -2.38. The molecule has 0 bridgehead atoms. The molecule has 1 aliphatic heterocycles. The van der Waals surface area contributed by atoms with Crippen LogP contribution in [0.1, 0.15) is 37.4 Å². The van der Waals surface area contributed by atoms with E-state index in [0.717, 1.165) is 37.0 Å². The summed E-state index contributed by atoms with van der Waals surface area (Å²) < 4.78 is 2.19. The van der Waals surface area contributed by atoms with Gasteiger partial charge in [0.1, 0.15) is 12.4 Å². The summed E-state index contributed by atoms with van der Waals surface area (Å²) in [6.45, 7) is 7.07. The largest absolute Gasteiger partial charge is 0.342 e. The lowest BCUT2D eigenvalue weighted by Crippen LogP contribution is -2.54. The summed E-state index contributed by atoms with van der Waals surface area (Å²) in [6, 6.07) is 17.0. The molecule has 34 heavy (non-hydrogen) atoms. The third-order valence-corrected chi connectivity index (χ3v) is 6.73. The van der Waals surface area contributed by atoms with Crippen LogP contribution in [0, 0.1) is 0 Å². The Balaban J connectivity index is 1.53. The Labute approximate surface area is 202 Å². The Bertz CT molecular complexity index is 1070. The summed E-state index contributed by atoms with van der Waals surface area (Å²) >= 11 is 0.